The van der Waals surface area contributed by atoms with Gasteiger partial charge in [0.2, 0.25) is 0 Å². The van der Waals surface area contributed by atoms with Crippen LogP contribution in [0.25, 0.3) is 11.3 Å². The smallest absolute Gasteiger partial charge is 0.123 e. The van der Waals surface area contributed by atoms with E-state index in [1.807, 2.05) is 37.3 Å². The highest BCUT2D eigenvalue weighted by Crippen LogP contribution is 2.44. The Kier molecular flexibility index (Phi) is 5.65. The number of aryl methyl sites for hydroxylation is 1. The lowest BCUT2D eigenvalue weighted by atomic mass is 9.69. The van der Waals surface area contributed by atoms with Crippen molar-refractivity contribution in [3.63, 3.8) is 0 Å². The molecule has 1 saturated carbocycles. The first-order chi connectivity index (χ1) is 13.6. The zero-order chi connectivity index (χ0) is 19.6. The van der Waals surface area contributed by atoms with E-state index >= 15 is 0 Å². The molecule has 5 heteroatoms. The second kappa shape index (κ2) is 8.18. The standard InChI is InChI=1S/C23H24BrFN2O/c1-17-21(24)22(19-8-10-20(25)11-9-19)27(26-17)15-23(12-5-13-23)16-28-14-18-6-3-2-4-7-18/h2-4,6-11H,5,12-16H2,1H3. The molecule has 4 rings (SSSR count). The summed E-state index contributed by atoms with van der Waals surface area (Å²) in [6, 6.07) is 16.9. The summed E-state index contributed by atoms with van der Waals surface area (Å²) >= 11 is 3.68. The molecule has 0 unspecified atom stereocenters. The van der Waals surface area contributed by atoms with Crippen molar-refractivity contribution < 1.29 is 9.13 Å². The van der Waals surface area contributed by atoms with Gasteiger partial charge < -0.3 is 4.74 Å². The lowest BCUT2D eigenvalue weighted by Gasteiger charge is -2.41. The van der Waals surface area contributed by atoms with Crippen molar-refractivity contribution in [1.29, 1.82) is 0 Å². The fourth-order valence-electron chi connectivity index (χ4n) is 3.86. The Bertz CT molecular complexity index is 933. The van der Waals surface area contributed by atoms with Crippen molar-refractivity contribution in [3.05, 3.63) is 76.1 Å². The predicted octanol–water partition coefficient (Wildman–Crippen LogP) is 6.15. The summed E-state index contributed by atoms with van der Waals surface area (Å²) in [5, 5.41) is 4.76. The molecule has 0 bridgehead atoms. The molecular formula is C23H24BrFN2O. The van der Waals surface area contributed by atoms with Gasteiger partial charge in [0.05, 0.1) is 29.1 Å². The third kappa shape index (κ3) is 4.06. The first-order valence-corrected chi connectivity index (χ1v) is 10.5. The highest BCUT2D eigenvalue weighted by atomic mass is 79.9. The van der Waals surface area contributed by atoms with Gasteiger partial charge in [0.1, 0.15) is 5.82 Å². The van der Waals surface area contributed by atoms with Crippen molar-refractivity contribution in [3.8, 4) is 11.3 Å². The average Bonchev–Trinajstić information content (AvgIpc) is 2.95. The molecule has 1 aliphatic rings. The van der Waals surface area contributed by atoms with E-state index in [4.69, 9.17) is 9.84 Å². The van der Waals surface area contributed by atoms with E-state index < -0.39 is 0 Å². The van der Waals surface area contributed by atoms with E-state index in [-0.39, 0.29) is 11.2 Å². The van der Waals surface area contributed by atoms with Crippen molar-refractivity contribution in [2.24, 2.45) is 5.41 Å². The van der Waals surface area contributed by atoms with E-state index in [0.717, 1.165) is 47.4 Å². The number of hydrogen-bond donors (Lipinski definition) is 0. The number of rotatable bonds is 7. The third-order valence-corrected chi connectivity index (χ3v) is 6.54. The fourth-order valence-corrected chi connectivity index (χ4v) is 4.37. The number of hydrogen-bond acceptors (Lipinski definition) is 2. The highest BCUT2D eigenvalue weighted by Gasteiger charge is 2.39. The Labute approximate surface area is 173 Å². The summed E-state index contributed by atoms with van der Waals surface area (Å²) in [6.45, 7) is 4.16. The van der Waals surface area contributed by atoms with Crippen LogP contribution in [0.3, 0.4) is 0 Å². The van der Waals surface area contributed by atoms with Crippen LogP contribution in [0.5, 0.6) is 0 Å². The summed E-state index contributed by atoms with van der Waals surface area (Å²) < 4.78 is 22.5. The first kappa shape index (κ1) is 19.3. The summed E-state index contributed by atoms with van der Waals surface area (Å²) in [5.41, 5.74) is 4.22. The molecule has 146 valence electrons. The van der Waals surface area contributed by atoms with Crippen LogP contribution >= 0.6 is 15.9 Å². The predicted molar refractivity (Wildman–Crippen MR) is 112 cm³/mol. The molecule has 2 aromatic carbocycles. The van der Waals surface area contributed by atoms with Crippen LogP contribution in [-0.2, 0) is 17.9 Å². The minimum absolute atomic E-state index is 0.113. The van der Waals surface area contributed by atoms with Crippen molar-refractivity contribution in [2.75, 3.05) is 6.61 Å². The van der Waals surface area contributed by atoms with E-state index in [1.54, 1.807) is 0 Å². The number of aromatic nitrogens is 2. The Morgan fingerprint density at radius 3 is 2.46 bits per heavy atom. The molecule has 1 heterocycles. The Balaban J connectivity index is 1.52. The van der Waals surface area contributed by atoms with Crippen LogP contribution in [0.2, 0.25) is 0 Å². The van der Waals surface area contributed by atoms with Gasteiger partial charge in [-0.2, -0.15) is 5.10 Å². The number of benzene rings is 2. The molecule has 0 aliphatic heterocycles. The topological polar surface area (TPSA) is 27.1 Å². The zero-order valence-electron chi connectivity index (χ0n) is 16.0. The van der Waals surface area contributed by atoms with Crippen LogP contribution in [0, 0.1) is 18.2 Å². The molecule has 0 saturated heterocycles. The first-order valence-electron chi connectivity index (χ1n) is 9.67. The SMILES string of the molecule is Cc1nn(CC2(COCc3ccccc3)CCC2)c(-c2ccc(F)cc2)c1Br. The van der Waals surface area contributed by atoms with E-state index in [1.165, 1.54) is 24.1 Å². The monoisotopic (exact) mass is 442 g/mol. The van der Waals surface area contributed by atoms with Gasteiger partial charge in [-0.1, -0.05) is 36.8 Å². The maximum absolute atomic E-state index is 13.4. The molecule has 1 aromatic heterocycles. The molecular weight excluding hydrogens is 419 g/mol. The summed E-state index contributed by atoms with van der Waals surface area (Å²) in [6.07, 6.45) is 3.50. The van der Waals surface area contributed by atoms with E-state index in [9.17, 15) is 4.39 Å². The largest absolute Gasteiger partial charge is 0.376 e. The van der Waals surface area contributed by atoms with Crippen LogP contribution < -0.4 is 0 Å². The maximum Gasteiger partial charge on any atom is 0.123 e. The minimum Gasteiger partial charge on any atom is -0.376 e. The second-order valence-electron chi connectivity index (χ2n) is 7.74. The van der Waals surface area contributed by atoms with Gasteiger partial charge in [-0.05, 0) is 65.5 Å². The molecule has 3 nitrogen and oxygen atoms in total. The quantitative estimate of drug-likeness (QED) is 0.438. The molecule has 0 amide bonds. The molecule has 28 heavy (non-hydrogen) atoms. The number of nitrogens with zero attached hydrogens (tertiary/aromatic N) is 2. The summed E-state index contributed by atoms with van der Waals surface area (Å²) in [5.74, 6) is -0.229. The average molecular weight is 443 g/mol. The van der Waals surface area contributed by atoms with Gasteiger partial charge in [-0.15, -0.1) is 0 Å². The highest BCUT2D eigenvalue weighted by molar-refractivity contribution is 9.10. The second-order valence-corrected chi connectivity index (χ2v) is 8.54. The Hall–Kier alpha value is -1.98. The summed E-state index contributed by atoms with van der Waals surface area (Å²) in [7, 11) is 0. The molecule has 0 spiro atoms. The molecule has 0 N–H and O–H groups in total. The van der Waals surface area contributed by atoms with Gasteiger partial charge in [0.25, 0.3) is 0 Å². The number of halogens is 2. The van der Waals surface area contributed by atoms with Gasteiger partial charge in [0.15, 0.2) is 0 Å². The summed E-state index contributed by atoms with van der Waals surface area (Å²) in [4.78, 5) is 0. The van der Waals surface area contributed by atoms with Crippen LogP contribution in [0.15, 0.2) is 59.1 Å². The lowest BCUT2D eigenvalue weighted by molar-refractivity contribution is -0.0267. The molecule has 3 aromatic rings. The van der Waals surface area contributed by atoms with E-state index in [2.05, 4.69) is 32.7 Å². The van der Waals surface area contributed by atoms with Crippen LogP contribution in [0.4, 0.5) is 4.39 Å². The molecule has 1 aliphatic carbocycles. The van der Waals surface area contributed by atoms with Crippen molar-refractivity contribution in [2.45, 2.75) is 39.3 Å². The molecule has 1 fully saturated rings. The Morgan fingerprint density at radius 1 is 1.11 bits per heavy atom. The van der Waals surface area contributed by atoms with Gasteiger partial charge in [-0.25, -0.2) is 4.39 Å². The normalized spacial score (nSPS) is 15.4. The zero-order valence-corrected chi connectivity index (χ0v) is 17.6. The minimum atomic E-state index is -0.229. The van der Waals surface area contributed by atoms with Gasteiger partial charge >= 0.3 is 0 Å². The van der Waals surface area contributed by atoms with Crippen LogP contribution in [0.1, 0.15) is 30.5 Å². The van der Waals surface area contributed by atoms with Crippen molar-refractivity contribution in [1.82, 2.24) is 9.78 Å². The van der Waals surface area contributed by atoms with E-state index in [0.29, 0.717) is 6.61 Å². The molecule has 0 atom stereocenters. The number of ether oxygens (including phenoxy) is 1. The maximum atomic E-state index is 13.4. The van der Waals surface area contributed by atoms with Gasteiger partial charge in [0, 0.05) is 17.5 Å². The lowest BCUT2D eigenvalue weighted by Crippen LogP contribution is -2.39. The van der Waals surface area contributed by atoms with Gasteiger partial charge in [-0.3, -0.25) is 4.68 Å². The fraction of sp³-hybridized carbons (Fsp3) is 0.348. The Morgan fingerprint density at radius 2 is 1.82 bits per heavy atom. The third-order valence-electron chi connectivity index (χ3n) is 5.59. The van der Waals surface area contributed by atoms with Crippen molar-refractivity contribution >= 4 is 15.9 Å². The molecule has 0 radical (unpaired) electrons. The van der Waals surface area contributed by atoms with Crippen LogP contribution in [-0.4, -0.2) is 16.4 Å².